The maximum Gasteiger partial charge on any atom is 0.317 e. The van der Waals surface area contributed by atoms with Crippen LogP contribution in [0.1, 0.15) is 24.8 Å². The molecule has 1 atom stereocenters. The van der Waals surface area contributed by atoms with Crippen LogP contribution in [0.5, 0.6) is 0 Å². The van der Waals surface area contributed by atoms with Gasteiger partial charge in [-0.05, 0) is 65.5 Å². The van der Waals surface area contributed by atoms with E-state index in [1.54, 1.807) is 0 Å². The zero-order valence-corrected chi connectivity index (χ0v) is 16.1. The Morgan fingerprint density at radius 1 is 1.20 bits per heavy atom. The van der Waals surface area contributed by atoms with Crippen LogP contribution in [0, 0.1) is 0 Å². The highest BCUT2D eigenvalue weighted by Gasteiger charge is 2.25. The molecule has 1 aromatic carbocycles. The van der Waals surface area contributed by atoms with Crippen molar-refractivity contribution in [2.24, 2.45) is 0 Å². The van der Waals surface area contributed by atoms with Crippen molar-refractivity contribution in [1.82, 2.24) is 20.0 Å². The van der Waals surface area contributed by atoms with Crippen molar-refractivity contribution in [1.29, 1.82) is 0 Å². The number of amides is 2. The van der Waals surface area contributed by atoms with Gasteiger partial charge >= 0.3 is 6.03 Å². The molecule has 0 aliphatic carbocycles. The molecule has 0 saturated carbocycles. The lowest BCUT2D eigenvalue weighted by Gasteiger charge is -2.37. The van der Waals surface area contributed by atoms with Gasteiger partial charge in [-0.25, -0.2) is 4.79 Å². The molecule has 1 aliphatic rings. The predicted molar refractivity (Wildman–Crippen MR) is 104 cm³/mol. The van der Waals surface area contributed by atoms with Crippen molar-refractivity contribution < 1.29 is 4.79 Å². The lowest BCUT2D eigenvalue weighted by molar-refractivity contribution is 0.124. The fourth-order valence-corrected chi connectivity index (χ4v) is 3.39. The van der Waals surface area contributed by atoms with Crippen molar-refractivity contribution in [3.8, 4) is 0 Å². The normalized spacial score (nSPS) is 18.0. The van der Waals surface area contributed by atoms with Crippen molar-refractivity contribution in [3.05, 3.63) is 35.9 Å². The van der Waals surface area contributed by atoms with E-state index in [4.69, 9.17) is 0 Å². The summed E-state index contributed by atoms with van der Waals surface area (Å²) >= 11 is 0. The molecule has 0 spiro atoms. The molecule has 5 heteroatoms. The van der Waals surface area contributed by atoms with E-state index in [0.29, 0.717) is 12.6 Å². The third-order valence-corrected chi connectivity index (χ3v) is 4.96. The second-order valence-electron chi connectivity index (χ2n) is 7.35. The van der Waals surface area contributed by atoms with Gasteiger partial charge in [0, 0.05) is 25.7 Å². The number of piperidine rings is 1. The molecule has 5 nitrogen and oxygen atoms in total. The summed E-state index contributed by atoms with van der Waals surface area (Å²) in [5.41, 5.74) is 1.26. The smallest absolute Gasteiger partial charge is 0.317 e. The molecule has 140 valence electrons. The lowest BCUT2D eigenvalue weighted by Crippen LogP contribution is -2.52. The number of hydrogen-bond donors (Lipinski definition) is 1. The number of nitrogens with one attached hydrogen (secondary N) is 1. The highest BCUT2D eigenvalue weighted by atomic mass is 16.2. The number of likely N-dealkylation sites (tertiary alicyclic amines) is 1. The van der Waals surface area contributed by atoms with Crippen LogP contribution in [-0.2, 0) is 6.42 Å². The van der Waals surface area contributed by atoms with Gasteiger partial charge in [-0.1, -0.05) is 30.3 Å². The van der Waals surface area contributed by atoms with E-state index in [1.165, 1.54) is 18.4 Å². The lowest BCUT2D eigenvalue weighted by atomic mass is 10.0. The second-order valence-corrected chi connectivity index (χ2v) is 7.35. The third kappa shape index (κ3) is 7.04. The number of hydrogen-bond acceptors (Lipinski definition) is 3. The molecule has 1 heterocycles. The molecule has 1 fully saturated rings. The molecular weight excluding hydrogens is 312 g/mol. The second kappa shape index (κ2) is 10.4. The Labute approximate surface area is 153 Å². The quantitative estimate of drug-likeness (QED) is 0.785. The summed E-state index contributed by atoms with van der Waals surface area (Å²) in [5.74, 6) is 0. The monoisotopic (exact) mass is 346 g/mol. The topological polar surface area (TPSA) is 38.8 Å². The highest BCUT2D eigenvalue weighted by molar-refractivity contribution is 5.74. The molecule has 1 N–H and O–H groups in total. The highest BCUT2D eigenvalue weighted by Crippen LogP contribution is 2.15. The fourth-order valence-electron chi connectivity index (χ4n) is 3.39. The van der Waals surface area contributed by atoms with E-state index in [0.717, 1.165) is 39.0 Å². The fraction of sp³-hybridized carbons (Fsp3) is 0.650. The average Bonchev–Trinajstić information content (AvgIpc) is 2.62. The Bertz CT molecular complexity index is 506. The summed E-state index contributed by atoms with van der Waals surface area (Å²) in [5, 5.41) is 3.08. The first-order valence-electron chi connectivity index (χ1n) is 9.48. The van der Waals surface area contributed by atoms with Gasteiger partial charge in [0.25, 0.3) is 0 Å². The van der Waals surface area contributed by atoms with Crippen LogP contribution >= 0.6 is 0 Å². The summed E-state index contributed by atoms with van der Waals surface area (Å²) in [6, 6.07) is 10.9. The summed E-state index contributed by atoms with van der Waals surface area (Å²) in [4.78, 5) is 19.1. The molecule has 2 amide bonds. The number of carbonyl (C=O) groups is 1. The Hall–Kier alpha value is -1.59. The van der Waals surface area contributed by atoms with Crippen LogP contribution in [0.25, 0.3) is 0 Å². The van der Waals surface area contributed by atoms with E-state index in [2.05, 4.69) is 48.4 Å². The number of urea groups is 1. The molecule has 1 unspecified atom stereocenters. The van der Waals surface area contributed by atoms with Gasteiger partial charge in [0.05, 0.1) is 0 Å². The molecule has 0 aromatic heterocycles. The minimum atomic E-state index is 0.0855. The van der Waals surface area contributed by atoms with Crippen molar-refractivity contribution in [3.63, 3.8) is 0 Å². The molecule has 2 rings (SSSR count). The summed E-state index contributed by atoms with van der Waals surface area (Å²) in [6.45, 7) is 4.62. The molecule has 25 heavy (non-hydrogen) atoms. The zero-order chi connectivity index (χ0) is 18.1. The third-order valence-electron chi connectivity index (χ3n) is 4.96. The summed E-state index contributed by atoms with van der Waals surface area (Å²) < 4.78 is 0. The molecular formula is C20H34N4O. The minimum Gasteiger partial charge on any atom is -0.338 e. The van der Waals surface area contributed by atoms with Crippen molar-refractivity contribution in [2.45, 2.75) is 31.7 Å². The number of carbonyl (C=O) groups excluding carboxylic acids is 1. The van der Waals surface area contributed by atoms with Crippen LogP contribution in [0.4, 0.5) is 4.79 Å². The van der Waals surface area contributed by atoms with E-state index in [9.17, 15) is 4.79 Å². The first kappa shape index (κ1) is 19.7. The molecule has 1 aliphatic heterocycles. The number of nitrogens with zero attached hydrogens (tertiary/aromatic N) is 3. The van der Waals surface area contributed by atoms with Gasteiger partial charge in [-0.15, -0.1) is 0 Å². The number of likely N-dealkylation sites (N-methyl/N-ethyl adjacent to an activating group) is 1. The van der Waals surface area contributed by atoms with E-state index < -0.39 is 0 Å². The molecule has 1 saturated heterocycles. The van der Waals surface area contributed by atoms with Crippen molar-refractivity contribution in [2.75, 3.05) is 53.9 Å². The van der Waals surface area contributed by atoms with Gasteiger partial charge in [-0.2, -0.15) is 0 Å². The maximum absolute atomic E-state index is 12.4. The van der Waals surface area contributed by atoms with Crippen molar-refractivity contribution >= 4 is 6.03 Å². The maximum atomic E-state index is 12.4. The largest absolute Gasteiger partial charge is 0.338 e. The van der Waals surface area contributed by atoms with Crippen LogP contribution in [0.15, 0.2) is 30.3 Å². The molecule has 0 bridgehead atoms. The summed E-state index contributed by atoms with van der Waals surface area (Å²) in [7, 11) is 6.42. The van der Waals surface area contributed by atoms with Gasteiger partial charge in [0.15, 0.2) is 0 Å². The first-order valence-corrected chi connectivity index (χ1v) is 9.48. The van der Waals surface area contributed by atoms with E-state index >= 15 is 0 Å². The Morgan fingerprint density at radius 2 is 1.96 bits per heavy atom. The van der Waals surface area contributed by atoms with Gasteiger partial charge in [-0.3, -0.25) is 0 Å². The zero-order valence-electron chi connectivity index (χ0n) is 16.1. The Kier molecular flexibility index (Phi) is 8.22. The molecule has 0 radical (unpaired) electrons. The van der Waals surface area contributed by atoms with Crippen LogP contribution in [-0.4, -0.2) is 80.6 Å². The van der Waals surface area contributed by atoms with Crippen LogP contribution in [0.2, 0.25) is 0 Å². The van der Waals surface area contributed by atoms with Gasteiger partial charge in [0.1, 0.15) is 0 Å². The number of benzene rings is 1. The first-order chi connectivity index (χ1) is 12.1. The SMILES string of the molecule is CN(C)CCCN(C)C1CCCN(C(=O)NCCc2ccccc2)C1. The minimum absolute atomic E-state index is 0.0855. The predicted octanol–water partition coefficient (Wildman–Crippen LogP) is 2.29. The number of rotatable bonds is 8. The van der Waals surface area contributed by atoms with Gasteiger partial charge < -0.3 is 20.0 Å². The standard InChI is InChI=1S/C20H34N4O/c1-22(2)14-8-15-23(3)19-11-7-16-24(17-19)20(25)21-13-12-18-9-5-4-6-10-18/h4-6,9-10,19H,7-8,11-17H2,1-3H3,(H,21,25). The average molecular weight is 347 g/mol. The Balaban J connectivity index is 1.71. The molecule has 1 aromatic rings. The Morgan fingerprint density at radius 3 is 2.68 bits per heavy atom. The van der Waals surface area contributed by atoms with Gasteiger partial charge in [0.2, 0.25) is 0 Å². The van der Waals surface area contributed by atoms with E-state index in [-0.39, 0.29) is 6.03 Å². The summed E-state index contributed by atoms with van der Waals surface area (Å²) in [6.07, 6.45) is 4.33. The van der Waals surface area contributed by atoms with E-state index in [1.807, 2.05) is 23.1 Å². The van der Waals surface area contributed by atoms with Crippen LogP contribution < -0.4 is 5.32 Å². The van der Waals surface area contributed by atoms with Crippen LogP contribution in [0.3, 0.4) is 0 Å².